The Morgan fingerprint density at radius 1 is 1.47 bits per heavy atom. The van der Waals surface area contributed by atoms with Crippen molar-refractivity contribution in [3.05, 3.63) is 21.9 Å². The number of aliphatic carboxylic acids is 1. The molecule has 0 saturated heterocycles. The topological polar surface area (TPSA) is 78.4 Å². The molecule has 0 bridgehead atoms. The molecule has 106 valence electrons. The standard InChI is InChI=1S/C12H18N2O3S2/c1-8-3-4-9(19-8)7-13-12(17)14-10(11(15)16)5-6-18-2/h3-4,10H,5-7H2,1-2H3,(H,15,16)(H2,13,14,17)/t10-/m0/s1. The molecule has 1 aromatic rings. The lowest BCUT2D eigenvalue weighted by molar-refractivity contribution is -0.139. The van der Waals surface area contributed by atoms with Gasteiger partial charge in [0.2, 0.25) is 0 Å². The predicted octanol–water partition coefficient (Wildman–Crippen LogP) is 2.06. The zero-order valence-corrected chi connectivity index (χ0v) is 12.6. The number of carbonyl (C=O) groups is 2. The summed E-state index contributed by atoms with van der Waals surface area (Å²) >= 11 is 3.16. The number of hydrogen-bond donors (Lipinski definition) is 3. The Labute approximate surface area is 120 Å². The second-order valence-electron chi connectivity index (χ2n) is 4.01. The average Bonchev–Trinajstić information content (AvgIpc) is 2.77. The van der Waals surface area contributed by atoms with Gasteiger partial charge >= 0.3 is 12.0 Å². The fourth-order valence-electron chi connectivity index (χ4n) is 1.45. The summed E-state index contributed by atoms with van der Waals surface area (Å²) in [6, 6.07) is 2.65. The molecule has 2 amide bonds. The summed E-state index contributed by atoms with van der Waals surface area (Å²) in [7, 11) is 0. The first kappa shape index (κ1) is 15.8. The lowest BCUT2D eigenvalue weighted by Gasteiger charge is -2.14. The number of rotatable bonds is 7. The Balaban J connectivity index is 2.37. The summed E-state index contributed by atoms with van der Waals surface area (Å²) in [5.41, 5.74) is 0. The molecular weight excluding hydrogens is 284 g/mol. The number of carbonyl (C=O) groups excluding carboxylic acids is 1. The van der Waals surface area contributed by atoms with Gasteiger partial charge in [-0.1, -0.05) is 0 Å². The van der Waals surface area contributed by atoms with Gasteiger partial charge in [-0.2, -0.15) is 11.8 Å². The highest BCUT2D eigenvalue weighted by Crippen LogP contribution is 2.14. The van der Waals surface area contributed by atoms with Gasteiger partial charge in [-0.15, -0.1) is 11.3 Å². The third kappa shape index (κ3) is 5.98. The van der Waals surface area contributed by atoms with E-state index in [0.29, 0.717) is 18.7 Å². The van der Waals surface area contributed by atoms with E-state index in [2.05, 4.69) is 10.6 Å². The van der Waals surface area contributed by atoms with Crippen LogP contribution in [0, 0.1) is 6.92 Å². The molecule has 0 fully saturated rings. The van der Waals surface area contributed by atoms with E-state index in [1.165, 1.54) is 4.88 Å². The Morgan fingerprint density at radius 2 is 2.21 bits per heavy atom. The highest BCUT2D eigenvalue weighted by atomic mass is 32.2. The van der Waals surface area contributed by atoms with Crippen LogP contribution >= 0.6 is 23.1 Å². The van der Waals surface area contributed by atoms with Crippen LogP contribution in [0.3, 0.4) is 0 Å². The summed E-state index contributed by atoms with van der Waals surface area (Å²) in [5.74, 6) is -0.308. The van der Waals surface area contributed by atoms with Gasteiger partial charge in [0, 0.05) is 9.75 Å². The first-order valence-electron chi connectivity index (χ1n) is 5.84. The van der Waals surface area contributed by atoms with Gasteiger partial charge in [0.25, 0.3) is 0 Å². The van der Waals surface area contributed by atoms with Crippen LogP contribution in [0.5, 0.6) is 0 Å². The smallest absolute Gasteiger partial charge is 0.326 e. The van der Waals surface area contributed by atoms with Crippen molar-refractivity contribution in [3.63, 3.8) is 0 Å². The molecule has 0 aliphatic carbocycles. The van der Waals surface area contributed by atoms with Gasteiger partial charge in [0.05, 0.1) is 6.54 Å². The Kier molecular flexibility index (Phi) is 6.72. The van der Waals surface area contributed by atoms with Crippen LogP contribution in [0.15, 0.2) is 12.1 Å². The number of amides is 2. The molecule has 0 aliphatic rings. The second-order valence-corrected chi connectivity index (χ2v) is 6.37. The molecule has 1 aromatic heterocycles. The first-order chi connectivity index (χ1) is 9.02. The Hall–Kier alpha value is -1.21. The van der Waals surface area contributed by atoms with Crippen molar-refractivity contribution in [2.45, 2.75) is 25.9 Å². The Morgan fingerprint density at radius 3 is 2.74 bits per heavy atom. The van der Waals surface area contributed by atoms with E-state index < -0.39 is 18.0 Å². The average molecular weight is 302 g/mol. The van der Waals surface area contributed by atoms with Gasteiger partial charge in [-0.3, -0.25) is 0 Å². The van der Waals surface area contributed by atoms with Crippen molar-refractivity contribution < 1.29 is 14.7 Å². The van der Waals surface area contributed by atoms with Gasteiger partial charge < -0.3 is 15.7 Å². The molecule has 5 nitrogen and oxygen atoms in total. The van der Waals surface area contributed by atoms with Crippen LogP contribution in [0.2, 0.25) is 0 Å². The number of hydrogen-bond acceptors (Lipinski definition) is 4. The minimum Gasteiger partial charge on any atom is -0.480 e. The summed E-state index contributed by atoms with van der Waals surface area (Å²) in [4.78, 5) is 24.8. The molecule has 0 aromatic carbocycles. The maximum atomic E-state index is 11.6. The molecule has 0 unspecified atom stereocenters. The van der Waals surface area contributed by atoms with Gasteiger partial charge in [-0.05, 0) is 37.5 Å². The summed E-state index contributed by atoms with van der Waals surface area (Å²) in [5, 5.41) is 14.1. The highest BCUT2D eigenvalue weighted by molar-refractivity contribution is 7.98. The zero-order valence-electron chi connectivity index (χ0n) is 10.9. The molecule has 3 N–H and O–H groups in total. The van der Waals surface area contributed by atoms with Crippen LogP contribution in [0.4, 0.5) is 4.79 Å². The largest absolute Gasteiger partial charge is 0.480 e. The molecule has 1 rings (SSSR count). The number of thioether (sulfide) groups is 1. The number of thiophene rings is 1. The molecule has 0 aliphatic heterocycles. The molecule has 1 atom stereocenters. The van der Waals surface area contributed by atoms with Crippen LogP contribution in [-0.2, 0) is 11.3 Å². The van der Waals surface area contributed by atoms with Gasteiger partial charge in [0.1, 0.15) is 6.04 Å². The fraction of sp³-hybridized carbons (Fsp3) is 0.500. The molecule has 0 saturated carbocycles. The van der Waals surface area contributed by atoms with Crippen molar-refractivity contribution in [3.8, 4) is 0 Å². The van der Waals surface area contributed by atoms with E-state index in [9.17, 15) is 9.59 Å². The normalized spacial score (nSPS) is 11.9. The zero-order chi connectivity index (χ0) is 14.3. The van der Waals surface area contributed by atoms with Crippen molar-refractivity contribution in [1.29, 1.82) is 0 Å². The third-order valence-electron chi connectivity index (χ3n) is 2.43. The van der Waals surface area contributed by atoms with Crippen LogP contribution in [-0.4, -0.2) is 35.2 Å². The van der Waals surface area contributed by atoms with Crippen molar-refractivity contribution in [1.82, 2.24) is 10.6 Å². The molecular formula is C12H18N2O3S2. The molecule has 0 radical (unpaired) electrons. The van der Waals surface area contributed by atoms with Crippen LogP contribution < -0.4 is 10.6 Å². The maximum Gasteiger partial charge on any atom is 0.326 e. The summed E-state index contributed by atoms with van der Waals surface area (Å²) in [6.45, 7) is 2.41. The van der Waals surface area contributed by atoms with E-state index in [4.69, 9.17) is 5.11 Å². The quantitative estimate of drug-likeness (QED) is 0.720. The van der Waals surface area contributed by atoms with Gasteiger partial charge in [-0.25, -0.2) is 9.59 Å². The monoisotopic (exact) mass is 302 g/mol. The molecule has 19 heavy (non-hydrogen) atoms. The minimum absolute atomic E-state index is 0.416. The van der Waals surface area contributed by atoms with Gasteiger partial charge in [0.15, 0.2) is 0 Å². The summed E-state index contributed by atoms with van der Waals surface area (Å²) < 4.78 is 0. The van der Waals surface area contributed by atoms with Crippen molar-refractivity contribution in [2.24, 2.45) is 0 Å². The number of carboxylic acids is 1. The number of nitrogens with one attached hydrogen (secondary N) is 2. The SMILES string of the molecule is CSCC[C@H](NC(=O)NCc1ccc(C)s1)C(=O)O. The fourth-order valence-corrected chi connectivity index (χ4v) is 2.75. The van der Waals surface area contributed by atoms with E-state index in [1.54, 1.807) is 23.1 Å². The van der Waals surface area contributed by atoms with E-state index in [1.807, 2.05) is 25.3 Å². The van der Waals surface area contributed by atoms with E-state index >= 15 is 0 Å². The first-order valence-corrected chi connectivity index (χ1v) is 8.05. The summed E-state index contributed by atoms with van der Waals surface area (Å²) in [6.07, 6.45) is 2.32. The Bertz CT molecular complexity index is 434. The number of carboxylic acid groups (broad SMARTS) is 1. The van der Waals surface area contributed by atoms with E-state index in [-0.39, 0.29) is 0 Å². The second kappa shape index (κ2) is 8.06. The minimum atomic E-state index is -1.00. The molecule has 0 spiro atoms. The highest BCUT2D eigenvalue weighted by Gasteiger charge is 2.19. The molecule has 1 heterocycles. The van der Waals surface area contributed by atoms with Crippen molar-refractivity contribution in [2.75, 3.05) is 12.0 Å². The van der Waals surface area contributed by atoms with Crippen molar-refractivity contribution >= 4 is 35.1 Å². The number of urea groups is 1. The van der Waals surface area contributed by atoms with Crippen LogP contribution in [0.25, 0.3) is 0 Å². The third-order valence-corrected chi connectivity index (χ3v) is 4.08. The van der Waals surface area contributed by atoms with Crippen LogP contribution in [0.1, 0.15) is 16.2 Å². The lowest BCUT2D eigenvalue weighted by Crippen LogP contribution is -2.46. The lowest BCUT2D eigenvalue weighted by atomic mass is 10.2. The molecule has 7 heteroatoms. The number of aryl methyl sites for hydroxylation is 1. The predicted molar refractivity (Wildman–Crippen MR) is 78.9 cm³/mol. The maximum absolute atomic E-state index is 11.6. The van der Waals surface area contributed by atoms with E-state index in [0.717, 1.165) is 4.88 Å².